The molecule has 0 aromatic carbocycles. The van der Waals surface area contributed by atoms with Crippen LogP contribution in [0.4, 0.5) is 22.0 Å². The second kappa shape index (κ2) is 6.66. The minimum atomic E-state index is -5.21. The lowest BCUT2D eigenvalue weighted by Gasteiger charge is -2.16. The summed E-state index contributed by atoms with van der Waals surface area (Å²) in [6, 6.07) is 0.609. The van der Waals surface area contributed by atoms with Crippen LogP contribution < -0.4 is 10.5 Å². The molecule has 0 spiro atoms. The maximum atomic E-state index is 13.0. The first kappa shape index (κ1) is 17.1. The predicted octanol–water partition coefficient (Wildman–Crippen LogP) is 2.55. The average molecular weight is 314 g/mol. The van der Waals surface area contributed by atoms with Crippen molar-refractivity contribution >= 4 is 5.97 Å². The van der Waals surface area contributed by atoms with Crippen molar-refractivity contribution in [2.45, 2.75) is 26.3 Å². The van der Waals surface area contributed by atoms with Crippen LogP contribution in [0, 0.1) is 0 Å². The number of carbonyl (C=O) groups is 1. The van der Waals surface area contributed by atoms with Gasteiger partial charge in [-0.2, -0.15) is 0 Å². The summed E-state index contributed by atoms with van der Waals surface area (Å²) in [5.41, 5.74) is 2.75. The van der Waals surface area contributed by atoms with Gasteiger partial charge in [-0.25, -0.2) is 18.6 Å². The van der Waals surface area contributed by atoms with E-state index >= 15 is 0 Å². The maximum absolute atomic E-state index is 13.0. The van der Waals surface area contributed by atoms with Crippen LogP contribution in [0.25, 0.3) is 0 Å². The quantitative estimate of drug-likeness (QED) is 0.668. The molecule has 10 heteroatoms. The van der Waals surface area contributed by atoms with E-state index in [4.69, 9.17) is 5.73 Å². The van der Waals surface area contributed by atoms with Gasteiger partial charge in [0.05, 0.1) is 17.9 Å². The SMILES string of the molecule is CCOC(=O)c1nc(CN)cc(OC(F)(F)F)c1C(F)F. The van der Waals surface area contributed by atoms with Crippen LogP contribution in [0.3, 0.4) is 0 Å². The zero-order chi connectivity index (χ0) is 16.2. The maximum Gasteiger partial charge on any atom is 0.573 e. The van der Waals surface area contributed by atoms with Gasteiger partial charge in [0.1, 0.15) is 5.75 Å². The lowest BCUT2D eigenvalue weighted by Crippen LogP contribution is -2.21. The summed E-state index contributed by atoms with van der Waals surface area (Å²) in [6.07, 6.45) is -8.62. The Labute approximate surface area is 115 Å². The number of hydrogen-bond acceptors (Lipinski definition) is 5. The van der Waals surface area contributed by atoms with Crippen LogP contribution in [0.5, 0.6) is 5.75 Å². The van der Waals surface area contributed by atoms with Crippen molar-refractivity contribution in [3.8, 4) is 5.75 Å². The topological polar surface area (TPSA) is 74.4 Å². The van der Waals surface area contributed by atoms with Gasteiger partial charge >= 0.3 is 12.3 Å². The number of halogens is 5. The summed E-state index contributed by atoms with van der Waals surface area (Å²) >= 11 is 0. The Hall–Kier alpha value is -1.97. The van der Waals surface area contributed by atoms with E-state index in [-0.39, 0.29) is 18.8 Å². The molecule has 1 aromatic rings. The van der Waals surface area contributed by atoms with Crippen LogP contribution in [-0.2, 0) is 11.3 Å². The zero-order valence-corrected chi connectivity index (χ0v) is 10.7. The standard InChI is InChI=1S/C11H11F5N2O3/c1-2-20-10(19)8-7(9(12)13)6(21-11(14,15)16)3-5(4-17)18-8/h3,9H,2,4,17H2,1H3. The molecular formula is C11H11F5N2O3. The molecule has 0 fully saturated rings. The van der Waals surface area contributed by atoms with Crippen molar-refractivity contribution in [1.82, 2.24) is 4.98 Å². The van der Waals surface area contributed by atoms with E-state index in [2.05, 4.69) is 14.5 Å². The molecule has 1 rings (SSSR count). The minimum Gasteiger partial charge on any atom is -0.461 e. The Bertz CT molecular complexity index is 519. The monoisotopic (exact) mass is 314 g/mol. The summed E-state index contributed by atoms with van der Waals surface area (Å²) in [5.74, 6) is -2.51. The van der Waals surface area contributed by atoms with Crippen LogP contribution in [0.15, 0.2) is 6.07 Å². The van der Waals surface area contributed by atoms with E-state index < -0.39 is 35.8 Å². The van der Waals surface area contributed by atoms with E-state index in [1.54, 1.807) is 0 Å². The van der Waals surface area contributed by atoms with E-state index in [9.17, 15) is 26.7 Å². The van der Waals surface area contributed by atoms with Gasteiger partial charge in [-0.3, -0.25) is 0 Å². The fraction of sp³-hybridized carbons (Fsp3) is 0.455. The Morgan fingerprint density at radius 3 is 2.48 bits per heavy atom. The molecule has 2 N–H and O–H groups in total. The van der Waals surface area contributed by atoms with Crippen molar-refractivity contribution in [2.75, 3.05) is 6.61 Å². The third-order valence-corrected chi connectivity index (χ3v) is 2.20. The molecule has 1 aromatic heterocycles. The van der Waals surface area contributed by atoms with Gasteiger partial charge in [0.25, 0.3) is 6.43 Å². The summed E-state index contributed by atoms with van der Waals surface area (Å²) in [7, 11) is 0. The first-order chi connectivity index (χ1) is 9.69. The first-order valence-electron chi connectivity index (χ1n) is 5.64. The fourth-order valence-corrected chi connectivity index (χ4v) is 1.46. The smallest absolute Gasteiger partial charge is 0.461 e. The number of rotatable bonds is 5. The van der Waals surface area contributed by atoms with Crippen LogP contribution in [0.2, 0.25) is 0 Å². The molecule has 5 nitrogen and oxygen atoms in total. The second-order valence-electron chi connectivity index (χ2n) is 3.65. The molecule has 0 amide bonds. The Morgan fingerprint density at radius 1 is 1.43 bits per heavy atom. The average Bonchev–Trinajstić information content (AvgIpc) is 2.35. The van der Waals surface area contributed by atoms with E-state index in [0.717, 1.165) is 0 Å². The Morgan fingerprint density at radius 2 is 2.05 bits per heavy atom. The Balaban J connectivity index is 3.46. The zero-order valence-electron chi connectivity index (χ0n) is 10.7. The molecule has 21 heavy (non-hydrogen) atoms. The van der Waals surface area contributed by atoms with Crippen LogP contribution in [-0.4, -0.2) is 23.9 Å². The number of nitrogens with two attached hydrogens (primary N) is 1. The number of esters is 1. The summed E-state index contributed by atoms with van der Waals surface area (Å²) in [6.45, 7) is 0.871. The molecule has 0 aliphatic heterocycles. The van der Waals surface area contributed by atoms with E-state index in [1.165, 1.54) is 6.92 Å². The van der Waals surface area contributed by atoms with E-state index in [0.29, 0.717) is 6.07 Å². The first-order valence-corrected chi connectivity index (χ1v) is 5.64. The molecule has 0 unspecified atom stereocenters. The Kier molecular flexibility index (Phi) is 5.41. The summed E-state index contributed by atoms with van der Waals surface area (Å²) in [4.78, 5) is 15.1. The molecule has 0 radical (unpaired) electrons. The lowest BCUT2D eigenvalue weighted by molar-refractivity contribution is -0.275. The van der Waals surface area contributed by atoms with Gasteiger partial charge in [-0.15, -0.1) is 13.2 Å². The lowest BCUT2D eigenvalue weighted by atomic mass is 10.1. The highest BCUT2D eigenvalue weighted by Crippen LogP contribution is 2.35. The summed E-state index contributed by atoms with van der Waals surface area (Å²) < 4.78 is 70.8. The highest BCUT2D eigenvalue weighted by Gasteiger charge is 2.36. The third kappa shape index (κ3) is 4.52. The molecule has 1 heterocycles. The molecule has 0 atom stereocenters. The van der Waals surface area contributed by atoms with Crippen molar-refractivity contribution in [3.05, 3.63) is 23.0 Å². The highest BCUT2D eigenvalue weighted by molar-refractivity contribution is 5.90. The molecule has 0 bridgehead atoms. The predicted molar refractivity (Wildman–Crippen MR) is 59.7 cm³/mol. The number of pyridine rings is 1. The second-order valence-corrected chi connectivity index (χ2v) is 3.65. The molecule has 0 aliphatic carbocycles. The molecule has 0 saturated heterocycles. The van der Waals surface area contributed by atoms with Crippen molar-refractivity contribution < 1.29 is 36.2 Å². The molecular weight excluding hydrogens is 303 g/mol. The van der Waals surface area contributed by atoms with E-state index in [1.807, 2.05) is 0 Å². The number of nitrogens with zero attached hydrogens (tertiary/aromatic N) is 1. The van der Waals surface area contributed by atoms with Gasteiger partial charge in [-0.05, 0) is 6.92 Å². The third-order valence-electron chi connectivity index (χ3n) is 2.20. The van der Waals surface area contributed by atoms with Crippen LogP contribution in [0.1, 0.15) is 35.1 Å². The largest absolute Gasteiger partial charge is 0.573 e. The number of aromatic nitrogens is 1. The van der Waals surface area contributed by atoms with Gasteiger partial charge in [0, 0.05) is 12.6 Å². The van der Waals surface area contributed by atoms with Crippen molar-refractivity contribution in [2.24, 2.45) is 5.73 Å². The number of alkyl halides is 5. The van der Waals surface area contributed by atoms with Gasteiger partial charge in [0.2, 0.25) is 0 Å². The van der Waals surface area contributed by atoms with Gasteiger partial charge in [-0.1, -0.05) is 0 Å². The summed E-state index contributed by atoms with van der Waals surface area (Å²) in [5, 5.41) is 0. The van der Waals surface area contributed by atoms with Crippen molar-refractivity contribution in [3.63, 3.8) is 0 Å². The normalized spacial score (nSPS) is 11.6. The molecule has 0 saturated carbocycles. The number of hydrogen-bond donors (Lipinski definition) is 1. The molecule has 118 valence electrons. The molecule has 0 aliphatic rings. The number of carbonyl (C=O) groups excluding carboxylic acids is 1. The number of ether oxygens (including phenoxy) is 2. The fourth-order valence-electron chi connectivity index (χ4n) is 1.46. The van der Waals surface area contributed by atoms with Gasteiger partial charge < -0.3 is 15.2 Å². The van der Waals surface area contributed by atoms with Crippen molar-refractivity contribution in [1.29, 1.82) is 0 Å². The minimum absolute atomic E-state index is 0.161. The van der Waals surface area contributed by atoms with Gasteiger partial charge in [0.15, 0.2) is 5.69 Å². The van der Waals surface area contributed by atoms with Crippen LogP contribution >= 0.6 is 0 Å². The highest BCUT2D eigenvalue weighted by atomic mass is 19.4.